The minimum absolute atomic E-state index is 0.0210. The van der Waals surface area contributed by atoms with E-state index in [0.29, 0.717) is 12.2 Å². The van der Waals surface area contributed by atoms with Crippen LogP contribution in [0.1, 0.15) is 51.0 Å². The average molecular weight is 630 g/mol. The van der Waals surface area contributed by atoms with Crippen molar-refractivity contribution in [3.63, 3.8) is 0 Å². The third-order valence-corrected chi connectivity index (χ3v) is 9.73. The maximum atomic E-state index is 14.2. The van der Waals surface area contributed by atoms with E-state index in [1.807, 2.05) is 6.92 Å². The topological polar surface area (TPSA) is 96.0 Å². The lowest BCUT2D eigenvalue weighted by molar-refractivity contribution is -0.140. The van der Waals surface area contributed by atoms with Crippen LogP contribution in [0.5, 0.6) is 5.75 Å². The van der Waals surface area contributed by atoms with Crippen molar-refractivity contribution in [3.05, 3.63) is 89.2 Å². The zero-order valence-corrected chi connectivity index (χ0v) is 25.9. The Morgan fingerprint density at radius 3 is 2.30 bits per heavy atom. The number of nitrogens with one attached hydrogen (secondary N) is 1. The van der Waals surface area contributed by atoms with Gasteiger partial charge in [-0.3, -0.25) is 13.9 Å². The number of benzene rings is 3. The lowest BCUT2D eigenvalue weighted by Gasteiger charge is -2.34. The summed E-state index contributed by atoms with van der Waals surface area (Å²) in [6.45, 7) is 1.24. The maximum Gasteiger partial charge on any atom is 0.264 e. The SMILES string of the molecule is CC[C@@H](C(=O)NC1CCCCC1)N(Cc1ccc(OC)cc1)C(=O)CN(c1ccc(F)c(Cl)c1)S(=O)(=O)c1ccccc1. The highest BCUT2D eigenvalue weighted by atomic mass is 35.5. The molecule has 1 atom stereocenters. The highest BCUT2D eigenvalue weighted by Crippen LogP contribution is 2.29. The van der Waals surface area contributed by atoms with Crippen molar-refractivity contribution >= 4 is 39.1 Å². The average Bonchev–Trinajstić information content (AvgIpc) is 3.02. The van der Waals surface area contributed by atoms with Gasteiger partial charge in [0.15, 0.2) is 0 Å². The molecular weight excluding hydrogens is 593 g/mol. The summed E-state index contributed by atoms with van der Waals surface area (Å²) in [7, 11) is -2.73. The first-order valence-electron chi connectivity index (χ1n) is 14.4. The van der Waals surface area contributed by atoms with Crippen LogP contribution in [0.4, 0.5) is 10.1 Å². The lowest BCUT2D eigenvalue weighted by Crippen LogP contribution is -2.54. The Labute approximate surface area is 257 Å². The van der Waals surface area contributed by atoms with E-state index in [9.17, 15) is 22.4 Å². The molecule has 0 aliphatic heterocycles. The summed E-state index contributed by atoms with van der Waals surface area (Å²) in [5.41, 5.74) is 0.757. The molecule has 43 heavy (non-hydrogen) atoms. The van der Waals surface area contributed by atoms with Crippen molar-refractivity contribution in [2.75, 3.05) is 18.0 Å². The van der Waals surface area contributed by atoms with Crippen LogP contribution >= 0.6 is 11.6 Å². The first-order chi connectivity index (χ1) is 20.6. The standard InChI is InChI=1S/C32H37ClFN3O5S/c1-3-30(32(39)35-24-10-6-4-7-11-24)36(21-23-14-17-26(42-2)18-15-23)31(38)22-37(25-16-19-29(34)28(33)20-25)43(40,41)27-12-8-5-9-13-27/h5,8-9,12-20,24,30H,3-4,6-7,10-11,21-22H2,1-2H3,(H,35,39)/t30-/m0/s1. The molecule has 0 aromatic heterocycles. The van der Waals surface area contributed by atoms with Crippen LogP contribution < -0.4 is 14.4 Å². The third-order valence-electron chi connectivity index (χ3n) is 7.65. The second-order valence-corrected chi connectivity index (χ2v) is 12.8. The van der Waals surface area contributed by atoms with E-state index in [1.165, 1.54) is 29.2 Å². The van der Waals surface area contributed by atoms with Crippen LogP contribution in [-0.4, -0.2) is 50.9 Å². The number of amides is 2. The van der Waals surface area contributed by atoms with Gasteiger partial charge in [0, 0.05) is 12.6 Å². The largest absolute Gasteiger partial charge is 0.497 e. The number of halogens is 2. The lowest BCUT2D eigenvalue weighted by atomic mass is 9.95. The van der Waals surface area contributed by atoms with Gasteiger partial charge >= 0.3 is 0 Å². The van der Waals surface area contributed by atoms with Crippen LogP contribution in [0.25, 0.3) is 0 Å². The number of nitrogens with zero attached hydrogens (tertiary/aromatic N) is 2. The predicted octanol–water partition coefficient (Wildman–Crippen LogP) is 5.94. The molecule has 0 heterocycles. The van der Waals surface area contributed by atoms with Gasteiger partial charge in [0.2, 0.25) is 11.8 Å². The maximum absolute atomic E-state index is 14.2. The summed E-state index contributed by atoms with van der Waals surface area (Å²) < 4.78 is 48.0. The van der Waals surface area contributed by atoms with Crippen LogP contribution in [-0.2, 0) is 26.2 Å². The molecule has 2 amide bonds. The number of hydrogen-bond donors (Lipinski definition) is 1. The molecule has 1 fully saturated rings. The van der Waals surface area contributed by atoms with E-state index in [-0.39, 0.29) is 34.1 Å². The summed E-state index contributed by atoms with van der Waals surface area (Å²) in [6.07, 6.45) is 5.26. The van der Waals surface area contributed by atoms with Crippen LogP contribution in [0, 0.1) is 5.82 Å². The number of methoxy groups -OCH3 is 1. The number of sulfonamides is 1. The summed E-state index contributed by atoms with van der Waals surface area (Å²) in [5, 5.41) is 2.83. The van der Waals surface area contributed by atoms with E-state index in [0.717, 1.165) is 48.0 Å². The summed E-state index contributed by atoms with van der Waals surface area (Å²) >= 11 is 6.04. The van der Waals surface area contributed by atoms with Gasteiger partial charge in [-0.25, -0.2) is 12.8 Å². The van der Waals surface area contributed by atoms with E-state index in [2.05, 4.69) is 5.32 Å². The van der Waals surface area contributed by atoms with Gasteiger partial charge in [-0.05, 0) is 67.3 Å². The van der Waals surface area contributed by atoms with Crippen molar-refractivity contribution in [2.45, 2.75) is 69.0 Å². The van der Waals surface area contributed by atoms with E-state index in [1.54, 1.807) is 49.6 Å². The highest BCUT2D eigenvalue weighted by molar-refractivity contribution is 7.92. The Morgan fingerprint density at radius 1 is 1.02 bits per heavy atom. The molecule has 0 saturated heterocycles. The molecule has 1 aliphatic carbocycles. The van der Waals surface area contributed by atoms with Crippen molar-refractivity contribution in [1.29, 1.82) is 0 Å². The fourth-order valence-electron chi connectivity index (χ4n) is 5.28. The van der Waals surface area contributed by atoms with Gasteiger partial charge in [-0.2, -0.15) is 0 Å². The molecule has 1 saturated carbocycles. The molecule has 1 N–H and O–H groups in total. The van der Waals surface area contributed by atoms with Crippen molar-refractivity contribution in [1.82, 2.24) is 10.2 Å². The smallest absolute Gasteiger partial charge is 0.264 e. The van der Waals surface area contributed by atoms with Crippen LogP contribution in [0.2, 0.25) is 5.02 Å². The molecule has 0 spiro atoms. The molecule has 0 unspecified atom stereocenters. The minimum Gasteiger partial charge on any atom is -0.497 e. The van der Waals surface area contributed by atoms with E-state index in [4.69, 9.17) is 16.3 Å². The molecule has 230 valence electrons. The molecule has 3 aromatic rings. The number of hydrogen-bond acceptors (Lipinski definition) is 5. The van der Waals surface area contributed by atoms with E-state index >= 15 is 0 Å². The van der Waals surface area contributed by atoms with Crippen LogP contribution in [0.3, 0.4) is 0 Å². The zero-order valence-electron chi connectivity index (χ0n) is 24.3. The minimum atomic E-state index is -4.28. The van der Waals surface area contributed by atoms with Crippen LogP contribution in [0.15, 0.2) is 77.7 Å². The first-order valence-corrected chi connectivity index (χ1v) is 16.2. The fourth-order valence-corrected chi connectivity index (χ4v) is 6.88. The van der Waals surface area contributed by atoms with Crippen molar-refractivity contribution in [2.24, 2.45) is 0 Å². The fraction of sp³-hybridized carbons (Fsp3) is 0.375. The van der Waals surface area contributed by atoms with Gasteiger partial charge < -0.3 is 15.0 Å². The molecule has 11 heteroatoms. The summed E-state index contributed by atoms with van der Waals surface area (Å²) in [4.78, 5) is 29.2. The van der Waals surface area contributed by atoms with Crippen molar-refractivity contribution in [3.8, 4) is 5.75 Å². The Hall–Kier alpha value is -3.63. The second kappa shape index (κ2) is 14.7. The number of carbonyl (C=O) groups is 2. The molecule has 0 bridgehead atoms. The molecule has 3 aromatic carbocycles. The van der Waals surface area contributed by atoms with E-state index < -0.39 is 34.3 Å². The monoisotopic (exact) mass is 629 g/mol. The Bertz CT molecular complexity index is 1500. The van der Waals surface area contributed by atoms with Crippen molar-refractivity contribution < 1.29 is 27.1 Å². The van der Waals surface area contributed by atoms with Gasteiger partial charge in [0.05, 0.1) is 22.7 Å². The normalized spacial score (nSPS) is 14.5. The molecule has 8 nitrogen and oxygen atoms in total. The first kappa shape index (κ1) is 32.3. The van der Waals surface area contributed by atoms with Gasteiger partial charge in [-0.1, -0.05) is 68.1 Å². The molecular formula is C32H37ClFN3O5S. The molecule has 0 radical (unpaired) electrons. The zero-order chi connectivity index (χ0) is 31.0. The second-order valence-electron chi connectivity index (χ2n) is 10.6. The van der Waals surface area contributed by atoms with Gasteiger partial charge in [0.25, 0.3) is 10.0 Å². The quantitative estimate of drug-likeness (QED) is 0.268. The number of rotatable bonds is 12. The Morgan fingerprint density at radius 2 is 1.70 bits per heavy atom. The Kier molecular flexibility index (Phi) is 11.0. The Balaban J connectivity index is 1.71. The highest BCUT2D eigenvalue weighted by Gasteiger charge is 2.34. The number of carbonyl (C=O) groups excluding carboxylic acids is 2. The third kappa shape index (κ3) is 8.06. The number of anilines is 1. The molecule has 1 aliphatic rings. The molecule has 4 rings (SSSR count). The van der Waals surface area contributed by atoms with Gasteiger partial charge in [0.1, 0.15) is 24.2 Å². The number of ether oxygens (including phenoxy) is 1. The van der Waals surface area contributed by atoms with Gasteiger partial charge in [-0.15, -0.1) is 0 Å². The summed E-state index contributed by atoms with van der Waals surface area (Å²) in [5.74, 6) is -0.961. The summed E-state index contributed by atoms with van der Waals surface area (Å²) in [6, 6.07) is 17.4. The predicted molar refractivity (Wildman–Crippen MR) is 165 cm³/mol.